The summed E-state index contributed by atoms with van der Waals surface area (Å²) in [7, 11) is 0. The quantitative estimate of drug-likeness (QED) is 0.759. The van der Waals surface area contributed by atoms with Crippen LogP contribution in [0.15, 0.2) is 0 Å². The summed E-state index contributed by atoms with van der Waals surface area (Å²) >= 11 is 0. The van der Waals surface area contributed by atoms with E-state index in [1.54, 1.807) is 0 Å². The maximum atomic E-state index is 11.8. The van der Waals surface area contributed by atoms with Gasteiger partial charge in [-0.15, -0.1) is 0 Å². The van der Waals surface area contributed by atoms with Crippen LogP contribution in [0.5, 0.6) is 0 Å². The molecule has 1 heterocycles. The third-order valence-corrected chi connectivity index (χ3v) is 3.20. The fraction of sp³-hybridized carbons (Fsp3) is 0.917. The number of nitrogens with zero attached hydrogens (tertiary/aromatic N) is 1. The molecule has 0 aromatic heterocycles. The number of rotatable bonds is 5. The Labute approximate surface area is 98.3 Å². The molecule has 4 nitrogen and oxygen atoms in total. The van der Waals surface area contributed by atoms with Crippen LogP contribution in [0.2, 0.25) is 0 Å². The number of nitrogens with one attached hydrogen (secondary N) is 1. The second kappa shape index (κ2) is 6.21. The van der Waals surface area contributed by atoms with E-state index >= 15 is 0 Å². The van der Waals surface area contributed by atoms with E-state index in [0.29, 0.717) is 19.8 Å². The molecule has 0 saturated carbocycles. The average Bonchev–Trinajstić information content (AvgIpc) is 2.30. The highest BCUT2D eigenvalue weighted by atomic mass is 16.5. The second-order valence-corrected chi connectivity index (χ2v) is 5.11. The maximum absolute atomic E-state index is 11.8. The lowest BCUT2D eigenvalue weighted by molar-refractivity contribution is -0.134. The molecule has 0 radical (unpaired) electrons. The molecule has 0 bridgehead atoms. The van der Waals surface area contributed by atoms with Gasteiger partial charge < -0.3 is 15.0 Å². The molecule has 94 valence electrons. The smallest absolute Gasteiger partial charge is 0.236 e. The van der Waals surface area contributed by atoms with Crippen molar-refractivity contribution in [2.75, 3.05) is 39.4 Å². The van der Waals surface area contributed by atoms with Crippen molar-refractivity contribution in [3.63, 3.8) is 0 Å². The van der Waals surface area contributed by atoms with Crippen LogP contribution in [0.3, 0.4) is 0 Å². The highest BCUT2D eigenvalue weighted by Gasteiger charge is 2.18. The number of hydrogen-bond donors (Lipinski definition) is 1. The second-order valence-electron chi connectivity index (χ2n) is 5.11. The molecule has 16 heavy (non-hydrogen) atoms. The van der Waals surface area contributed by atoms with Crippen molar-refractivity contribution in [1.82, 2.24) is 10.2 Å². The number of hydrogen-bond acceptors (Lipinski definition) is 3. The van der Waals surface area contributed by atoms with Crippen molar-refractivity contribution in [3.05, 3.63) is 0 Å². The highest BCUT2D eigenvalue weighted by molar-refractivity contribution is 5.78. The third-order valence-electron chi connectivity index (χ3n) is 3.20. The van der Waals surface area contributed by atoms with Crippen LogP contribution in [0.4, 0.5) is 0 Å². The molecule has 4 heteroatoms. The normalized spacial score (nSPS) is 17.6. The van der Waals surface area contributed by atoms with E-state index in [1.165, 1.54) is 0 Å². The van der Waals surface area contributed by atoms with Gasteiger partial charge in [-0.2, -0.15) is 0 Å². The molecule has 1 saturated heterocycles. The van der Waals surface area contributed by atoms with Crippen LogP contribution in [-0.2, 0) is 9.53 Å². The van der Waals surface area contributed by atoms with Crippen molar-refractivity contribution in [1.29, 1.82) is 0 Å². The molecule has 1 fully saturated rings. The first-order chi connectivity index (χ1) is 7.55. The Morgan fingerprint density at radius 3 is 2.56 bits per heavy atom. The van der Waals surface area contributed by atoms with E-state index < -0.39 is 0 Å². The maximum Gasteiger partial charge on any atom is 0.236 e. The largest absolute Gasteiger partial charge is 0.378 e. The number of ether oxygens (including phenoxy) is 1. The zero-order valence-corrected chi connectivity index (χ0v) is 10.7. The first kappa shape index (κ1) is 13.5. The van der Waals surface area contributed by atoms with Crippen LogP contribution in [0, 0.1) is 5.41 Å². The Balaban J connectivity index is 2.19. The molecule has 0 aromatic rings. The fourth-order valence-corrected chi connectivity index (χ4v) is 1.56. The summed E-state index contributed by atoms with van der Waals surface area (Å²) in [6, 6.07) is 0. The standard InChI is InChI=1S/C12H24N2O2/c1-4-12(2,3)10-13-9-11(15)14-5-7-16-8-6-14/h13H,4-10H2,1-3H3. The monoisotopic (exact) mass is 228 g/mol. The van der Waals surface area contributed by atoms with Crippen molar-refractivity contribution >= 4 is 5.91 Å². The topological polar surface area (TPSA) is 41.6 Å². The number of morpholine rings is 1. The minimum absolute atomic E-state index is 0.190. The summed E-state index contributed by atoms with van der Waals surface area (Å²) in [4.78, 5) is 13.7. The SMILES string of the molecule is CCC(C)(C)CNCC(=O)N1CCOCC1. The van der Waals surface area contributed by atoms with Crippen LogP contribution < -0.4 is 5.32 Å². The van der Waals surface area contributed by atoms with E-state index in [9.17, 15) is 4.79 Å². The van der Waals surface area contributed by atoms with Crippen molar-refractivity contribution in [2.45, 2.75) is 27.2 Å². The number of amides is 1. The number of carbonyl (C=O) groups excluding carboxylic acids is 1. The molecule has 1 aliphatic heterocycles. The van der Waals surface area contributed by atoms with Gasteiger partial charge in [0.2, 0.25) is 5.91 Å². The van der Waals surface area contributed by atoms with E-state index in [0.717, 1.165) is 26.1 Å². The lowest BCUT2D eigenvalue weighted by Gasteiger charge is -2.28. The summed E-state index contributed by atoms with van der Waals surface area (Å²) in [5, 5.41) is 3.24. The summed E-state index contributed by atoms with van der Waals surface area (Å²) in [5.74, 6) is 0.190. The summed E-state index contributed by atoms with van der Waals surface area (Å²) in [6.45, 7) is 10.7. The van der Waals surface area contributed by atoms with Crippen molar-refractivity contribution in [3.8, 4) is 0 Å². The molecule has 0 aliphatic carbocycles. The molecule has 1 amide bonds. The Morgan fingerprint density at radius 2 is 2.00 bits per heavy atom. The Bertz CT molecular complexity index is 223. The summed E-state index contributed by atoms with van der Waals surface area (Å²) in [6.07, 6.45) is 1.12. The van der Waals surface area contributed by atoms with Crippen LogP contribution in [0.25, 0.3) is 0 Å². The molecule has 0 unspecified atom stereocenters. The van der Waals surface area contributed by atoms with Gasteiger partial charge in [-0.25, -0.2) is 0 Å². The summed E-state index contributed by atoms with van der Waals surface area (Å²) < 4.78 is 5.21. The van der Waals surface area contributed by atoms with Gasteiger partial charge in [-0.1, -0.05) is 20.8 Å². The van der Waals surface area contributed by atoms with Crippen LogP contribution >= 0.6 is 0 Å². The predicted octanol–water partition coefficient (Wildman–Crippen LogP) is 0.871. The van der Waals surface area contributed by atoms with Crippen LogP contribution in [-0.4, -0.2) is 50.2 Å². The zero-order chi connectivity index (χ0) is 12.0. The molecule has 1 rings (SSSR count). The molecule has 0 atom stereocenters. The number of carbonyl (C=O) groups is 1. The molecule has 1 N–H and O–H groups in total. The lowest BCUT2D eigenvalue weighted by atomic mass is 9.90. The fourth-order valence-electron chi connectivity index (χ4n) is 1.56. The van der Waals surface area contributed by atoms with Gasteiger partial charge in [0.25, 0.3) is 0 Å². The zero-order valence-electron chi connectivity index (χ0n) is 10.7. The minimum Gasteiger partial charge on any atom is -0.378 e. The van der Waals surface area contributed by atoms with Crippen LogP contribution in [0.1, 0.15) is 27.2 Å². The van der Waals surface area contributed by atoms with E-state index in [4.69, 9.17) is 4.74 Å². The van der Waals surface area contributed by atoms with E-state index in [2.05, 4.69) is 26.1 Å². The molecule has 1 aliphatic rings. The van der Waals surface area contributed by atoms with Gasteiger partial charge in [0.15, 0.2) is 0 Å². The first-order valence-electron chi connectivity index (χ1n) is 6.11. The molecule has 0 aromatic carbocycles. The third kappa shape index (κ3) is 4.49. The van der Waals surface area contributed by atoms with Crippen molar-refractivity contribution < 1.29 is 9.53 Å². The van der Waals surface area contributed by atoms with Gasteiger partial charge in [0.05, 0.1) is 19.8 Å². The lowest BCUT2D eigenvalue weighted by Crippen LogP contribution is -2.45. The molecular formula is C12H24N2O2. The Kier molecular flexibility index (Phi) is 5.22. The summed E-state index contributed by atoms with van der Waals surface area (Å²) in [5.41, 5.74) is 0.269. The van der Waals surface area contributed by atoms with E-state index in [-0.39, 0.29) is 11.3 Å². The van der Waals surface area contributed by atoms with Crippen molar-refractivity contribution in [2.24, 2.45) is 5.41 Å². The first-order valence-corrected chi connectivity index (χ1v) is 6.11. The Morgan fingerprint density at radius 1 is 1.38 bits per heavy atom. The average molecular weight is 228 g/mol. The van der Waals surface area contributed by atoms with Gasteiger partial charge in [-0.3, -0.25) is 4.79 Å². The molecular weight excluding hydrogens is 204 g/mol. The highest BCUT2D eigenvalue weighted by Crippen LogP contribution is 2.17. The molecule has 0 spiro atoms. The van der Waals surface area contributed by atoms with Gasteiger partial charge in [0.1, 0.15) is 0 Å². The minimum atomic E-state index is 0.190. The van der Waals surface area contributed by atoms with Gasteiger partial charge in [-0.05, 0) is 11.8 Å². The van der Waals surface area contributed by atoms with Gasteiger partial charge >= 0.3 is 0 Å². The Hall–Kier alpha value is -0.610. The predicted molar refractivity (Wildman–Crippen MR) is 64.3 cm³/mol. The van der Waals surface area contributed by atoms with Gasteiger partial charge in [0, 0.05) is 19.6 Å². The van der Waals surface area contributed by atoms with E-state index in [1.807, 2.05) is 4.90 Å².